The molecule has 0 saturated carbocycles. The summed E-state index contributed by atoms with van der Waals surface area (Å²) in [6.07, 6.45) is 0. The fourth-order valence-electron chi connectivity index (χ4n) is 4.80. The van der Waals surface area contributed by atoms with Crippen molar-refractivity contribution in [3.63, 3.8) is 0 Å². The van der Waals surface area contributed by atoms with Gasteiger partial charge in [-0.3, -0.25) is 0 Å². The number of nitrogens with zero attached hydrogens (tertiary/aromatic N) is 1. The average molecular weight is 456 g/mol. The molecule has 0 saturated heterocycles. The molecule has 0 aliphatic carbocycles. The molecule has 36 heavy (non-hydrogen) atoms. The van der Waals surface area contributed by atoms with Crippen LogP contribution in [0.5, 0.6) is 0 Å². The number of nitriles is 1. The molecule has 0 N–H and O–H groups in total. The van der Waals surface area contributed by atoms with Gasteiger partial charge in [0.1, 0.15) is 0 Å². The van der Waals surface area contributed by atoms with Crippen molar-refractivity contribution in [1.82, 2.24) is 0 Å². The Morgan fingerprint density at radius 2 is 0.861 bits per heavy atom. The molecule has 0 heterocycles. The summed E-state index contributed by atoms with van der Waals surface area (Å²) in [5, 5.41) is 13.7. The molecule has 1 nitrogen and oxygen atoms in total. The van der Waals surface area contributed by atoms with Crippen molar-refractivity contribution in [2.24, 2.45) is 0 Å². The molecular weight excluding hydrogens is 434 g/mol. The van der Waals surface area contributed by atoms with Crippen LogP contribution in [0.15, 0.2) is 127 Å². The van der Waals surface area contributed by atoms with Crippen LogP contribution in [0.3, 0.4) is 0 Å². The highest BCUT2D eigenvalue weighted by Crippen LogP contribution is 2.39. The Bertz CT molecular complexity index is 1750. The van der Waals surface area contributed by atoms with Gasteiger partial charge in [-0.1, -0.05) is 115 Å². The van der Waals surface area contributed by atoms with Gasteiger partial charge in [-0.15, -0.1) is 0 Å². The number of rotatable bonds is 2. The molecule has 0 spiro atoms. The smallest absolute Gasteiger partial charge is 0.0991 e. The van der Waals surface area contributed by atoms with Crippen molar-refractivity contribution in [2.45, 2.75) is 0 Å². The second kappa shape index (κ2) is 9.27. The quantitative estimate of drug-likeness (QED) is 0.189. The minimum Gasteiger partial charge on any atom is -0.192 e. The van der Waals surface area contributed by atoms with Gasteiger partial charge in [0.25, 0.3) is 0 Å². The Balaban J connectivity index is 1.55. The molecule has 6 aromatic carbocycles. The van der Waals surface area contributed by atoms with Gasteiger partial charge in [0.2, 0.25) is 0 Å². The summed E-state index contributed by atoms with van der Waals surface area (Å²) in [5.74, 6) is 6.78. The van der Waals surface area contributed by atoms with Crippen LogP contribution in [0.4, 0.5) is 0 Å². The van der Waals surface area contributed by atoms with E-state index >= 15 is 0 Å². The molecule has 6 rings (SSSR count). The Kier molecular flexibility index (Phi) is 5.51. The fourth-order valence-corrected chi connectivity index (χ4v) is 4.80. The topological polar surface area (TPSA) is 23.8 Å². The van der Waals surface area contributed by atoms with E-state index in [2.05, 4.69) is 115 Å². The van der Waals surface area contributed by atoms with E-state index < -0.39 is 0 Å². The largest absolute Gasteiger partial charge is 0.192 e. The van der Waals surface area contributed by atoms with E-state index in [0.29, 0.717) is 5.56 Å². The fraction of sp³-hybridized carbons (Fsp3) is 0. The number of hydrogen-bond donors (Lipinski definition) is 0. The van der Waals surface area contributed by atoms with E-state index in [1.165, 1.54) is 33.0 Å². The molecule has 0 bridgehead atoms. The van der Waals surface area contributed by atoms with E-state index in [4.69, 9.17) is 5.26 Å². The monoisotopic (exact) mass is 455 g/mol. The van der Waals surface area contributed by atoms with Gasteiger partial charge in [0.05, 0.1) is 11.6 Å². The van der Waals surface area contributed by atoms with Gasteiger partial charge in [-0.2, -0.15) is 5.26 Å². The number of benzene rings is 6. The lowest BCUT2D eigenvalue weighted by Gasteiger charge is -2.15. The highest BCUT2D eigenvalue weighted by Gasteiger charge is 2.14. The van der Waals surface area contributed by atoms with Crippen molar-refractivity contribution >= 4 is 21.5 Å². The van der Waals surface area contributed by atoms with Gasteiger partial charge in [-0.05, 0) is 68.1 Å². The van der Waals surface area contributed by atoms with Crippen LogP contribution in [0.25, 0.3) is 43.8 Å². The molecule has 1 heteroatoms. The van der Waals surface area contributed by atoms with Gasteiger partial charge in [0.15, 0.2) is 0 Å². The molecule has 0 amide bonds. The number of fused-ring (bicyclic) bond motifs is 2. The van der Waals surface area contributed by atoms with Crippen LogP contribution in [0, 0.1) is 23.2 Å². The van der Waals surface area contributed by atoms with Crippen molar-refractivity contribution in [2.75, 3.05) is 0 Å². The predicted octanol–water partition coefficient (Wildman–Crippen LogP) is 8.60. The van der Waals surface area contributed by atoms with Crippen molar-refractivity contribution in [3.05, 3.63) is 144 Å². The summed E-state index contributed by atoms with van der Waals surface area (Å²) in [6, 6.07) is 45.9. The average Bonchev–Trinajstić information content (AvgIpc) is 2.96. The molecule has 0 radical (unpaired) electrons. The minimum absolute atomic E-state index is 0.638. The third kappa shape index (κ3) is 3.90. The molecule has 6 aromatic rings. The second-order valence-electron chi connectivity index (χ2n) is 8.72. The normalized spacial score (nSPS) is 10.5. The van der Waals surface area contributed by atoms with Crippen LogP contribution in [-0.4, -0.2) is 0 Å². The molecular formula is C35H21N. The summed E-state index contributed by atoms with van der Waals surface area (Å²) in [5.41, 5.74) is 7.39. The highest BCUT2D eigenvalue weighted by molar-refractivity contribution is 6.16. The van der Waals surface area contributed by atoms with Crippen molar-refractivity contribution in [1.29, 1.82) is 5.26 Å². The summed E-state index contributed by atoms with van der Waals surface area (Å²) < 4.78 is 0. The van der Waals surface area contributed by atoms with Gasteiger partial charge >= 0.3 is 0 Å². The second-order valence-corrected chi connectivity index (χ2v) is 8.72. The van der Waals surface area contributed by atoms with Gasteiger partial charge < -0.3 is 0 Å². The first-order chi connectivity index (χ1) is 17.8. The van der Waals surface area contributed by atoms with E-state index in [9.17, 15) is 0 Å². The lowest BCUT2D eigenvalue weighted by Crippen LogP contribution is -1.91. The van der Waals surface area contributed by atoms with E-state index in [1.54, 1.807) is 0 Å². The van der Waals surface area contributed by atoms with Gasteiger partial charge in [-0.25, -0.2) is 0 Å². The van der Waals surface area contributed by atoms with Crippen LogP contribution < -0.4 is 0 Å². The number of hydrogen-bond acceptors (Lipinski definition) is 1. The zero-order valence-electron chi connectivity index (χ0n) is 19.6. The Morgan fingerprint density at radius 3 is 1.44 bits per heavy atom. The Labute approximate surface area is 210 Å². The molecule has 0 fully saturated rings. The van der Waals surface area contributed by atoms with Crippen LogP contribution >= 0.6 is 0 Å². The van der Waals surface area contributed by atoms with Gasteiger partial charge in [0, 0.05) is 11.1 Å². The molecule has 0 aliphatic rings. The Morgan fingerprint density at radius 1 is 0.389 bits per heavy atom. The predicted molar refractivity (Wildman–Crippen MR) is 149 cm³/mol. The molecule has 166 valence electrons. The van der Waals surface area contributed by atoms with Crippen LogP contribution in [-0.2, 0) is 0 Å². The first kappa shape index (κ1) is 21.4. The zero-order chi connectivity index (χ0) is 24.3. The third-order valence-corrected chi connectivity index (χ3v) is 6.56. The van der Waals surface area contributed by atoms with Crippen molar-refractivity contribution < 1.29 is 0 Å². The maximum Gasteiger partial charge on any atom is 0.0991 e. The third-order valence-electron chi connectivity index (χ3n) is 6.56. The summed E-state index contributed by atoms with van der Waals surface area (Å²) in [4.78, 5) is 0. The van der Waals surface area contributed by atoms with E-state index in [1.807, 2.05) is 30.3 Å². The molecule has 0 aliphatic heterocycles. The summed E-state index contributed by atoms with van der Waals surface area (Å²) in [6.45, 7) is 0. The SMILES string of the molecule is N#Cc1ccc(C#Cc2c3ccccc3c(-c3ccc(-c4ccccc4)cc3)c3ccccc23)cc1. The summed E-state index contributed by atoms with van der Waals surface area (Å²) in [7, 11) is 0. The minimum atomic E-state index is 0.638. The molecule has 0 unspecified atom stereocenters. The maximum atomic E-state index is 9.08. The standard InChI is InChI=1S/C35H21N/c36-24-26-16-14-25(15-17-26)18-23-32-30-10-4-6-12-33(30)35(34-13-7-5-11-31(32)34)29-21-19-28(20-22-29)27-8-2-1-3-9-27/h1-17,19-22H. The summed E-state index contributed by atoms with van der Waals surface area (Å²) >= 11 is 0. The molecule has 0 atom stereocenters. The van der Waals surface area contributed by atoms with Crippen LogP contribution in [0.1, 0.15) is 16.7 Å². The van der Waals surface area contributed by atoms with Crippen LogP contribution in [0.2, 0.25) is 0 Å². The Hall–Kier alpha value is -5.11. The maximum absolute atomic E-state index is 9.08. The van der Waals surface area contributed by atoms with E-state index in [-0.39, 0.29) is 0 Å². The molecule has 0 aromatic heterocycles. The van der Waals surface area contributed by atoms with Crippen molar-refractivity contribution in [3.8, 4) is 40.2 Å². The van der Waals surface area contributed by atoms with E-state index in [0.717, 1.165) is 21.9 Å². The lowest BCUT2D eigenvalue weighted by molar-refractivity contribution is 1.48. The first-order valence-electron chi connectivity index (χ1n) is 11.9. The first-order valence-corrected chi connectivity index (χ1v) is 11.9. The zero-order valence-corrected chi connectivity index (χ0v) is 19.6. The lowest BCUT2D eigenvalue weighted by atomic mass is 9.88. The highest BCUT2D eigenvalue weighted by atomic mass is 14.2.